The first-order chi connectivity index (χ1) is 12.2. The molecule has 0 bridgehead atoms. The summed E-state index contributed by atoms with van der Waals surface area (Å²) in [6.07, 6.45) is 2.34. The number of hydrogen-bond acceptors (Lipinski definition) is 6. The molecule has 126 valence electrons. The SMILES string of the molecule is COC(=O)c1cccc(Nc2nc(NC3CC3)c3ccccc3n2)c1. The Balaban J connectivity index is 1.68. The number of methoxy groups -OCH3 is 1. The van der Waals surface area contributed by atoms with Gasteiger partial charge in [0.1, 0.15) is 5.82 Å². The summed E-state index contributed by atoms with van der Waals surface area (Å²) in [6.45, 7) is 0. The number of carbonyl (C=O) groups is 1. The van der Waals surface area contributed by atoms with Crippen molar-refractivity contribution in [2.75, 3.05) is 17.7 Å². The number of fused-ring (bicyclic) bond motifs is 1. The summed E-state index contributed by atoms with van der Waals surface area (Å²) in [5.41, 5.74) is 2.08. The first-order valence-electron chi connectivity index (χ1n) is 8.21. The number of benzene rings is 2. The van der Waals surface area contributed by atoms with Crippen LogP contribution in [0.1, 0.15) is 23.2 Å². The summed E-state index contributed by atoms with van der Waals surface area (Å²) in [5, 5.41) is 7.64. The van der Waals surface area contributed by atoms with Crippen LogP contribution in [-0.2, 0) is 4.74 Å². The Hall–Kier alpha value is -3.15. The van der Waals surface area contributed by atoms with E-state index in [0.717, 1.165) is 22.4 Å². The zero-order valence-corrected chi connectivity index (χ0v) is 13.8. The molecule has 1 fully saturated rings. The van der Waals surface area contributed by atoms with Gasteiger partial charge in [0, 0.05) is 17.1 Å². The number of para-hydroxylation sites is 1. The van der Waals surface area contributed by atoms with E-state index in [9.17, 15) is 4.79 Å². The van der Waals surface area contributed by atoms with Gasteiger partial charge < -0.3 is 15.4 Å². The van der Waals surface area contributed by atoms with Gasteiger partial charge in [0.2, 0.25) is 5.95 Å². The largest absolute Gasteiger partial charge is 0.465 e. The topological polar surface area (TPSA) is 76.1 Å². The summed E-state index contributed by atoms with van der Waals surface area (Å²) < 4.78 is 4.76. The van der Waals surface area contributed by atoms with Gasteiger partial charge in [0.25, 0.3) is 0 Å². The molecule has 6 nitrogen and oxygen atoms in total. The molecule has 0 unspecified atom stereocenters. The predicted molar refractivity (Wildman–Crippen MR) is 97.2 cm³/mol. The maximum absolute atomic E-state index is 11.7. The Morgan fingerprint density at radius 2 is 1.96 bits per heavy atom. The molecule has 1 aromatic heterocycles. The fourth-order valence-corrected chi connectivity index (χ4v) is 2.63. The van der Waals surface area contributed by atoms with Gasteiger partial charge in [-0.05, 0) is 43.2 Å². The van der Waals surface area contributed by atoms with Crippen LogP contribution in [0.2, 0.25) is 0 Å². The second-order valence-electron chi connectivity index (χ2n) is 6.03. The van der Waals surface area contributed by atoms with Crippen molar-refractivity contribution in [2.45, 2.75) is 18.9 Å². The minimum atomic E-state index is -0.376. The molecule has 0 amide bonds. The molecule has 2 aromatic carbocycles. The summed E-state index contributed by atoms with van der Waals surface area (Å²) in [5.74, 6) is 0.947. The van der Waals surface area contributed by atoms with Crippen molar-refractivity contribution in [1.29, 1.82) is 0 Å². The van der Waals surface area contributed by atoms with Gasteiger partial charge in [0.15, 0.2) is 0 Å². The van der Waals surface area contributed by atoms with Crippen LogP contribution in [0.3, 0.4) is 0 Å². The summed E-state index contributed by atoms with van der Waals surface area (Å²) >= 11 is 0. The van der Waals surface area contributed by atoms with Crippen LogP contribution >= 0.6 is 0 Å². The zero-order chi connectivity index (χ0) is 17.2. The molecule has 1 heterocycles. The normalized spacial score (nSPS) is 13.5. The molecule has 0 aliphatic heterocycles. The van der Waals surface area contributed by atoms with Gasteiger partial charge >= 0.3 is 5.97 Å². The maximum atomic E-state index is 11.7. The molecular weight excluding hydrogens is 316 g/mol. The molecule has 2 N–H and O–H groups in total. The van der Waals surface area contributed by atoms with E-state index in [1.54, 1.807) is 18.2 Å². The molecule has 25 heavy (non-hydrogen) atoms. The van der Waals surface area contributed by atoms with E-state index in [1.165, 1.54) is 20.0 Å². The van der Waals surface area contributed by atoms with Crippen molar-refractivity contribution in [3.8, 4) is 0 Å². The smallest absolute Gasteiger partial charge is 0.337 e. The van der Waals surface area contributed by atoms with Gasteiger partial charge in [-0.2, -0.15) is 4.98 Å². The van der Waals surface area contributed by atoms with Gasteiger partial charge in [-0.3, -0.25) is 0 Å². The number of hydrogen-bond donors (Lipinski definition) is 2. The van der Waals surface area contributed by atoms with Crippen LogP contribution in [-0.4, -0.2) is 29.1 Å². The van der Waals surface area contributed by atoms with Gasteiger partial charge in [-0.25, -0.2) is 9.78 Å². The highest BCUT2D eigenvalue weighted by Crippen LogP contribution is 2.29. The van der Waals surface area contributed by atoms with Crippen LogP contribution in [0.4, 0.5) is 17.5 Å². The van der Waals surface area contributed by atoms with E-state index in [4.69, 9.17) is 4.74 Å². The second kappa shape index (κ2) is 6.39. The Kier molecular flexibility index (Phi) is 3.93. The van der Waals surface area contributed by atoms with Crippen LogP contribution in [0, 0.1) is 0 Å². The third kappa shape index (κ3) is 3.38. The molecule has 0 atom stereocenters. The Morgan fingerprint density at radius 3 is 2.76 bits per heavy atom. The summed E-state index contributed by atoms with van der Waals surface area (Å²) in [7, 11) is 1.37. The molecule has 1 aliphatic carbocycles. The predicted octanol–water partition coefficient (Wildman–Crippen LogP) is 3.73. The van der Waals surface area contributed by atoms with E-state index in [2.05, 4.69) is 20.6 Å². The average molecular weight is 334 g/mol. The quantitative estimate of drug-likeness (QED) is 0.692. The van der Waals surface area contributed by atoms with Crippen molar-refractivity contribution in [3.05, 3.63) is 54.1 Å². The van der Waals surface area contributed by atoms with E-state index in [1.807, 2.05) is 30.3 Å². The standard InChI is InChI=1S/C19H18N4O2/c1-25-18(24)12-5-4-6-14(11-12)21-19-22-16-8-3-2-7-15(16)17(23-19)20-13-9-10-13/h2-8,11,13H,9-10H2,1H3,(H2,20,21,22,23). The highest BCUT2D eigenvalue weighted by atomic mass is 16.5. The Bertz CT molecular complexity index is 938. The third-order valence-electron chi connectivity index (χ3n) is 4.06. The maximum Gasteiger partial charge on any atom is 0.337 e. The number of rotatable bonds is 5. The van der Waals surface area contributed by atoms with E-state index >= 15 is 0 Å². The van der Waals surface area contributed by atoms with Crippen molar-refractivity contribution in [3.63, 3.8) is 0 Å². The van der Waals surface area contributed by atoms with Gasteiger partial charge in [0.05, 0.1) is 18.2 Å². The number of esters is 1. The minimum absolute atomic E-state index is 0.376. The van der Waals surface area contributed by atoms with Crippen molar-refractivity contribution >= 4 is 34.3 Å². The zero-order valence-electron chi connectivity index (χ0n) is 13.8. The summed E-state index contributed by atoms with van der Waals surface area (Å²) in [6, 6.07) is 15.5. The average Bonchev–Trinajstić information content (AvgIpc) is 3.45. The fraction of sp³-hybridized carbons (Fsp3) is 0.211. The summed E-state index contributed by atoms with van der Waals surface area (Å²) in [4.78, 5) is 20.9. The number of carbonyl (C=O) groups excluding carboxylic acids is 1. The molecule has 0 saturated heterocycles. The molecule has 0 radical (unpaired) electrons. The fourth-order valence-electron chi connectivity index (χ4n) is 2.63. The lowest BCUT2D eigenvalue weighted by molar-refractivity contribution is 0.0601. The highest BCUT2D eigenvalue weighted by Gasteiger charge is 2.22. The number of nitrogens with zero attached hydrogens (tertiary/aromatic N) is 2. The first kappa shape index (κ1) is 15.4. The Morgan fingerprint density at radius 1 is 1.12 bits per heavy atom. The van der Waals surface area contributed by atoms with E-state index in [0.29, 0.717) is 17.6 Å². The van der Waals surface area contributed by atoms with Crippen molar-refractivity contribution in [1.82, 2.24) is 9.97 Å². The molecule has 6 heteroatoms. The molecule has 3 aromatic rings. The highest BCUT2D eigenvalue weighted by molar-refractivity contribution is 5.92. The van der Waals surface area contributed by atoms with E-state index in [-0.39, 0.29) is 5.97 Å². The molecule has 1 saturated carbocycles. The monoisotopic (exact) mass is 334 g/mol. The van der Waals surface area contributed by atoms with Gasteiger partial charge in [-0.1, -0.05) is 18.2 Å². The lowest BCUT2D eigenvalue weighted by Gasteiger charge is -2.11. The lowest BCUT2D eigenvalue weighted by atomic mass is 10.2. The van der Waals surface area contributed by atoms with Crippen molar-refractivity contribution < 1.29 is 9.53 Å². The first-order valence-corrected chi connectivity index (χ1v) is 8.21. The van der Waals surface area contributed by atoms with Crippen LogP contribution in [0.25, 0.3) is 10.9 Å². The number of anilines is 3. The molecule has 1 aliphatic rings. The number of aromatic nitrogens is 2. The van der Waals surface area contributed by atoms with Crippen LogP contribution in [0.5, 0.6) is 0 Å². The Labute approximate surface area is 145 Å². The molecule has 0 spiro atoms. The minimum Gasteiger partial charge on any atom is -0.465 e. The lowest BCUT2D eigenvalue weighted by Crippen LogP contribution is -2.07. The van der Waals surface area contributed by atoms with Crippen molar-refractivity contribution in [2.24, 2.45) is 0 Å². The third-order valence-corrected chi connectivity index (χ3v) is 4.06. The van der Waals surface area contributed by atoms with Crippen LogP contribution in [0.15, 0.2) is 48.5 Å². The van der Waals surface area contributed by atoms with Gasteiger partial charge in [-0.15, -0.1) is 0 Å². The van der Waals surface area contributed by atoms with Crippen LogP contribution < -0.4 is 10.6 Å². The number of ether oxygens (including phenoxy) is 1. The second-order valence-corrected chi connectivity index (χ2v) is 6.03. The molecule has 4 rings (SSSR count). The molecular formula is C19H18N4O2. The number of nitrogens with one attached hydrogen (secondary N) is 2. The van der Waals surface area contributed by atoms with E-state index < -0.39 is 0 Å².